The third kappa shape index (κ3) is 5.74. The minimum Gasteiger partial charge on any atom is -0.494 e. The third-order valence-corrected chi connectivity index (χ3v) is 6.79. The summed E-state index contributed by atoms with van der Waals surface area (Å²) in [5.41, 5.74) is 1.43. The Hall–Kier alpha value is -4.09. The Labute approximate surface area is 222 Å². The summed E-state index contributed by atoms with van der Waals surface area (Å²) in [6.07, 6.45) is 2.45. The van der Waals surface area contributed by atoms with Crippen LogP contribution in [0.3, 0.4) is 0 Å². The van der Waals surface area contributed by atoms with Gasteiger partial charge in [0.2, 0.25) is 0 Å². The van der Waals surface area contributed by atoms with E-state index in [2.05, 4.69) is 4.99 Å². The second kappa shape index (κ2) is 12.0. The molecule has 2 aromatic carbocycles. The van der Waals surface area contributed by atoms with E-state index in [1.807, 2.05) is 19.1 Å². The predicted octanol–water partition coefficient (Wildman–Crippen LogP) is 3.12. The van der Waals surface area contributed by atoms with Crippen molar-refractivity contribution in [2.45, 2.75) is 26.3 Å². The molecule has 0 bridgehead atoms. The minimum atomic E-state index is -0.784. The van der Waals surface area contributed by atoms with Gasteiger partial charge in [-0.05, 0) is 42.7 Å². The molecule has 10 nitrogen and oxygen atoms in total. The number of fused-ring (bicyclic) bond motifs is 1. The maximum absolute atomic E-state index is 13.7. The lowest BCUT2D eigenvalue weighted by Gasteiger charge is -2.25. The van der Waals surface area contributed by atoms with E-state index in [9.17, 15) is 19.7 Å². The number of benzene rings is 2. The molecule has 3 aromatic rings. The molecular weight excluding hydrogens is 510 g/mol. The maximum atomic E-state index is 13.7. The van der Waals surface area contributed by atoms with Crippen LogP contribution in [0, 0.1) is 10.1 Å². The largest absolute Gasteiger partial charge is 0.494 e. The van der Waals surface area contributed by atoms with Crippen molar-refractivity contribution >= 4 is 29.1 Å². The number of hydrogen-bond acceptors (Lipinski definition) is 9. The summed E-state index contributed by atoms with van der Waals surface area (Å²) in [4.78, 5) is 42.6. The Morgan fingerprint density at radius 1 is 1.18 bits per heavy atom. The van der Waals surface area contributed by atoms with E-state index in [0.29, 0.717) is 38.5 Å². The highest BCUT2D eigenvalue weighted by Crippen LogP contribution is 2.31. The Bertz CT molecular complexity index is 1550. The number of esters is 1. The smallest absolute Gasteiger partial charge is 0.338 e. The molecule has 1 aromatic heterocycles. The molecule has 11 heteroatoms. The van der Waals surface area contributed by atoms with Gasteiger partial charge in [-0.25, -0.2) is 9.79 Å². The molecule has 1 aliphatic heterocycles. The van der Waals surface area contributed by atoms with E-state index in [0.717, 1.165) is 17.8 Å². The molecule has 1 atom stereocenters. The van der Waals surface area contributed by atoms with Gasteiger partial charge in [-0.1, -0.05) is 42.5 Å². The maximum Gasteiger partial charge on any atom is 0.338 e. The highest BCUT2D eigenvalue weighted by molar-refractivity contribution is 7.07. The number of nitro groups is 1. The van der Waals surface area contributed by atoms with Crippen LogP contribution in [-0.2, 0) is 14.3 Å². The molecule has 0 fully saturated rings. The van der Waals surface area contributed by atoms with E-state index in [1.54, 1.807) is 37.3 Å². The molecule has 1 aliphatic rings. The molecule has 0 radical (unpaired) electrons. The third-order valence-electron chi connectivity index (χ3n) is 5.81. The molecule has 4 rings (SSSR count). The van der Waals surface area contributed by atoms with Gasteiger partial charge in [-0.15, -0.1) is 0 Å². The Morgan fingerprint density at radius 3 is 2.63 bits per heavy atom. The molecule has 1 unspecified atom stereocenters. The lowest BCUT2D eigenvalue weighted by molar-refractivity contribution is -0.384. The van der Waals surface area contributed by atoms with Gasteiger partial charge in [0, 0.05) is 19.2 Å². The standard InChI is InChI=1S/C27H27N3O7S/c1-4-12-36-21-10-8-19(9-11-21)24-23(26(32)37-14-13-35-3)17(2)28-27-29(24)25(31)22(38-27)16-18-6-5-7-20(15-18)30(33)34/h5-11,15-16,24H,4,12-14H2,1-3H3. The van der Waals surface area contributed by atoms with Crippen LogP contribution in [-0.4, -0.2) is 42.4 Å². The van der Waals surface area contributed by atoms with Crippen molar-refractivity contribution in [3.63, 3.8) is 0 Å². The highest BCUT2D eigenvalue weighted by atomic mass is 32.1. The minimum absolute atomic E-state index is 0.0554. The number of carbonyl (C=O) groups excluding carboxylic acids is 1. The molecule has 0 N–H and O–H groups in total. The normalized spacial score (nSPS) is 15.1. The van der Waals surface area contributed by atoms with Gasteiger partial charge in [0.05, 0.1) is 40.0 Å². The van der Waals surface area contributed by atoms with E-state index in [1.165, 1.54) is 23.8 Å². The second-order valence-electron chi connectivity index (χ2n) is 8.48. The molecule has 2 heterocycles. The van der Waals surface area contributed by atoms with Crippen molar-refractivity contribution < 1.29 is 23.9 Å². The zero-order valence-corrected chi connectivity index (χ0v) is 22.0. The Morgan fingerprint density at radius 2 is 1.95 bits per heavy atom. The Kier molecular flexibility index (Phi) is 8.49. The molecule has 0 aliphatic carbocycles. The average Bonchev–Trinajstić information content (AvgIpc) is 3.21. The van der Waals surface area contributed by atoms with Crippen LogP contribution in [0.5, 0.6) is 5.75 Å². The first-order valence-corrected chi connectivity index (χ1v) is 12.8. The lowest BCUT2D eigenvalue weighted by atomic mass is 9.96. The second-order valence-corrected chi connectivity index (χ2v) is 9.49. The van der Waals surface area contributed by atoms with Gasteiger partial charge in [-0.3, -0.25) is 19.5 Å². The summed E-state index contributed by atoms with van der Waals surface area (Å²) in [7, 11) is 1.51. The van der Waals surface area contributed by atoms with E-state index in [-0.39, 0.29) is 30.0 Å². The Balaban J connectivity index is 1.84. The molecule has 38 heavy (non-hydrogen) atoms. The molecule has 0 amide bonds. The number of aromatic nitrogens is 1. The van der Waals surface area contributed by atoms with Gasteiger partial charge in [-0.2, -0.15) is 0 Å². The monoisotopic (exact) mass is 537 g/mol. The quantitative estimate of drug-likeness (QED) is 0.169. The van der Waals surface area contributed by atoms with Crippen LogP contribution in [0.2, 0.25) is 0 Å². The molecule has 0 spiro atoms. The summed E-state index contributed by atoms with van der Waals surface area (Å²) >= 11 is 1.15. The number of methoxy groups -OCH3 is 1. The SMILES string of the molecule is CCCOc1ccc(C2C(C(=O)OCCOC)=C(C)N=c3sc(=Cc4cccc([N+](=O)[O-])c4)c(=O)n32)cc1. The number of thiazole rings is 1. The topological polar surface area (TPSA) is 122 Å². The number of allylic oxidation sites excluding steroid dienone is 1. The zero-order chi connectivity index (χ0) is 27.2. The fourth-order valence-electron chi connectivity index (χ4n) is 4.04. The van der Waals surface area contributed by atoms with Gasteiger partial charge in [0.25, 0.3) is 11.2 Å². The van der Waals surface area contributed by atoms with E-state index >= 15 is 0 Å². The summed E-state index contributed by atoms with van der Waals surface area (Å²) in [6, 6.07) is 12.5. The molecular formula is C27H27N3O7S. The fraction of sp³-hybridized carbons (Fsp3) is 0.296. The van der Waals surface area contributed by atoms with Crippen molar-refractivity contribution in [1.82, 2.24) is 4.57 Å². The number of carbonyl (C=O) groups is 1. The van der Waals surface area contributed by atoms with Crippen LogP contribution in [0.1, 0.15) is 37.4 Å². The lowest BCUT2D eigenvalue weighted by Crippen LogP contribution is -2.40. The fourth-order valence-corrected chi connectivity index (χ4v) is 5.09. The number of rotatable bonds is 10. The van der Waals surface area contributed by atoms with Crippen LogP contribution < -0.4 is 19.6 Å². The first-order valence-electron chi connectivity index (χ1n) is 12.0. The van der Waals surface area contributed by atoms with Gasteiger partial charge in [0.15, 0.2) is 4.80 Å². The highest BCUT2D eigenvalue weighted by Gasteiger charge is 2.33. The predicted molar refractivity (Wildman–Crippen MR) is 142 cm³/mol. The summed E-state index contributed by atoms with van der Waals surface area (Å²) in [6.45, 7) is 4.58. The van der Waals surface area contributed by atoms with Crippen LogP contribution in [0.25, 0.3) is 6.08 Å². The number of nitro benzene ring substituents is 1. The van der Waals surface area contributed by atoms with Crippen molar-refractivity contribution in [1.29, 1.82) is 0 Å². The van der Waals surface area contributed by atoms with Crippen molar-refractivity contribution in [3.05, 3.63) is 101 Å². The van der Waals surface area contributed by atoms with Crippen molar-refractivity contribution in [3.8, 4) is 5.75 Å². The van der Waals surface area contributed by atoms with Crippen LogP contribution >= 0.6 is 11.3 Å². The summed E-state index contributed by atoms with van der Waals surface area (Å²) in [5, 5.41) is 11.2. The molecule has 0 saturated heterocycles. The summed E-state index contributed by atoms with van der Waals surface area (Å²) < 4.78 is 17.9. The van der Waals surface area contributed by atoms with E-state index < -0.39 is 16.9 Å². The van der Waals surface area contributed by atoms with Gasteiger partial charge < -0.3 is 14.2 Å². The van der Waals surface area contributed by atoms with Crippen LogP contribution in [0.15, 0.2) is 69.6 Å². The number of ether oxygens (including phenoxy) is 3. The first kappa shape index (κ1) is 27.0. The molecule has 198 valence electrons. The van der Waals surface area contributed by atoms with Crippen molar-refractivity contribution in [2.24, 2.45) is 4.99 Å². The van der Waals surface area contributed by atoms with E-state index in [4.69, 9.17) is 14.2 Å². The average molecular weight is 538 g/mol. The van der Waals surface area contributed by atoms with Gasteiger partial charge in [0.1, 0.15) is 12.4 Å². The van der Waals surface area contributed by atoms with Crippen LogP contribution in [0.4, 0.5) is 5.69 Å². The van der Waals surface area contributed by atoms with Crippen molar-refractivity contribution in [2.75, 3.05) is 26.9 Å². The number of nitrogens with zero attached hydrogens (tertiary/aromatic N) is 3. The number of non-ortho nitro benzene ring substituents is 1. The van der Waals surface area contributed by atoms with Gasteiger partial charge >= 0.3 is 5.97 Å². The molecule has 0 saturated carbocycles. The zero-order valence-electron chi connectivity index (χ0n) is 21.2. The first-order chi connectivity index (χ1) is 18.3. The number of hydrogen-bond donors (Lipinski definition) is 0. The summed E-state index contributed by atoms with van der Waals surface area (Å²) in [5.74, 6) is 0.0891.